The summed E-state index contributed by atoms with van der Waals surface area (Å²) < 4.78 is 15.5. The van der Waals surface area contributed by atoms with Crippen LogP contribution in [-0.4, -0.2) is 14.8 Å². The van der Waals surface area contributed by atoms with E-state index in [0.717, 1.165) is 0 Å². The van der Waals surface area contributed by atoms with Crippen LogP contribution in [0.1, 0.15) is 11.5 Å². The number of aryl methyl sites for hydroxylation is 2. The Morgan fingerprint density at radius 1 is 1.55 bits per heavy atom. The number of hydrogen-bond acceptors (Lipinski definition) is 3. The second kappa shape index (κ2) is 3.61. The Kier molecular flexibility index (Phi) is 3.37. The summed E-state index contributed by atoms with van der Waals surface area (Å²) >= 11 is 0. The van der Waals surface area contributed by atoms with Gasteiger partial charge < -0.3 is 10.00 Å². The van der Waals surface area contributed by atoms with Crippen molar-refractivity contribution in [3.05, 3.63) is 11.5 Å². The average molecular weight is 178 g/mol. The lowest BCUT2D eigenvalue weighted by atomic mass is 10.4. The van der Waals surface area contributed by atoms with Crippen molar-refractivity contribution in [1.29, 1.82) is 0 Å². The first-order chi connectivity index (χ1) is 4.63. The standard InChI is InChI=1S/C5H8N2O2S.H2O/c1-3-5(10(6)8)4(2)9-7-3;/h6H2,1-2H3;1H2. The molecule has 1 aromatic heterocycles. The molecule has 4 N–H and O–H groups in total. The van der Waals surface area contributed by atoms with Crippen LogP contribution in [0.25, 0.3) is 0 Å². The third kappa shape index (κ3) is 1.86. The number of nitrogens with zero attached hydrogens (tertiary/aromatic N) is 1. The van der Waals surface area contributed by atoms with Gasteiger partial charge in [-0.05, 0) is 13.8 Å². The molecule has 5 nitrogen and oxygen atoms in total. The average Bonchev–Trinajstić information content (AvgIpc) is 2.11. The summed E-state index contributed by atoms with van der Waals surface area (Å²) in [7, 11) is -1.48. The summed E-state index contributed by atoms with van der Waals surface area (Å²) in [6, 6.07) is 0. The number of nitrogens with two attached hydrogens (primary N) is 1. The van der Waals surface area contributed by atoms with Crippen LogP contribution in [0.2, 0.25) is 0 Å². The fraction of sp³-hybridized carbons (Fsp3) is 0.400. The molecule has 0 amide bonds. The first-order valence-electron chi connectivity index (χ1n) is 2.72. The maximum absolute atomic E-state index is 10.7. The largest absolute Gasteiger partial charge is 0.412 e. The first kappa shape index (κ1) is 10.3. The van der Waals surface area contributed by atoms with Crippen LogP contribution in [-0.2, 0) is 11.0 Å². The summed E-state index contributed by atoms with van der Waals surface area (Å²) in [5.74, 6) is 0.526. The molecule has 0 aromatic carbocycles. The summed E-state index contributed by atoms with van der Waals surface area (Å²) in [6.45, 7) is 3.39. The van der Waals surface area contributed by atoms with E-state index in [-0.39, 0.29) is 5.48 Å². The molecular weight excluding hydrogens is 168 g/mol. The van der Waals surface area contributed by atoms with Gasteiger partial charge >= 0.3 is 0 Å². The molecule has 0 radical (unpaired) electrons. The number of hydrogen-bond donors (Lipinski definition) is 1. The Balaban J connectivity index is 0.000001000. The highest BCUT2D eigenvalue weighted by Gasteiger charge is 2.11. The summed E-state index contributed by atoms with van der Waals surface area (Å²) in [4.78, 5) is 0.500. The van der Waals surface area contributed by atoms with Crippen LogP contribution in [0.15, 0.2) is 9.42 Å². The van der Waals surface area contributed by atoms with Crippen molar-refractivity contribution in [2.75, 3.05) is 0 Å². The molecule has 0 aliphatic heterocycles. The van der Waals surface area contributed by atoms with Gasteiger partial charge in [0.25, 0.3) is 0 Å². The van der Waals surface area contributed by atoms with Crippen LogP contribution in [0.5, 0.6) is 0 Å². The molecule has 0 aliphatic rings. The van der Waals surface area contributed by atoms with Gasteiger partial charge in [0.15, 0.2) is 5.76 Å². The third-order valence-corrected chi connectivity index (χ3v) is 2.15. The molecule has 0 saturated heterocycles. The topological polar surface area (TPSA) is 101 Å². The molecule has 0 saturated carbocycles. The lowest BCUT2D eigenvalue weighted by molar-refractivity contribution is 0.391. The number of rotatable bonds is 1. The van der Waals surface area contributed by atoms with E-state index in [1.54, 1.807) is 13.8 Å². The lowest BCUT2D eigenvalue weighted by Crippen LogP contribution is -2.04. The molecule has 6 heteroatoms. The smallest absolute Gasteiger partial charge is 0.151 e. The van der Waals surface area contributed by atoms with Gasteiger partial charge in [-0.2, -0.15) is 0 Å². The quantitative estimate of drug-likeness (QED) is 0.624. The Labute approximate surface area is 66.5 Å². The van der Waals surface area contributed by atoms with Crippen LogP contribution in [0.3, 0.4) is 0 Å². The van der Waals surface area contributed by atoms with Gasteiger partial charge in [0.2, 0.25) is 0 Å². The van der Waals surface area contributed by atoms with E-state index >= 15 is 0 Å². The predicted octanol–water partition coefficient (Wildman–Crippen LogP) is -0.552. The third-order valence-electron chi connectivity index (χ3n) is 1.17. The fourth-order valence-corrected chi connectivity index (χ4v) is 1.41. The molecule has 1 heterocycles. The van der Waals surface area contributed by atoms with E-state index in [1.165, 1.54) is 0 Å². The molecule has 0 fully saturated rings. The molecule has 0 aliphatic carbocycles. The van der Waals surface area contributed by atoms with Crippen molar-refractivity contribution in [1.82, 2.24) is 5.16 Å². The van der Waals surface area contributed by atoms with Crippen molar-refractivity contribution in [2.24, 2.45) is 5.14 Å². The SMILES string of the molecule is Cc1noc(C)c1S(N)=O.O. The highest BCUT2D eigenvalue weighted by Crippen LogP contribution is 2.13. The molecule has 1 atom stereocenters. The van der Waals surface area contributed by atoms with Crippen LogP contribution in [0.4, 0.5) is 0 Å². The maximum atomic E-state index is 10.7. The van der Waals surface area contributed by atoms with Gasteiger partial charge in [0.1, 0.15) is 15.9 Å². The van der Waals surface area contributed by atoms with Gasteiger partial charge in [-0.15, -0.1) is 0 Å². The zero-order valence-corrected chi connectivity index (χ0v) is 7.07. The molecule has 64 valence electrons. The van der Waals surface area contributed by atoms with Gasteiger partial charge in [-0.1, -0.05) is 5.16 Å². The van der Waals surface area contributed by atoms with Crippen molar-refractivity contribution in [3.63, 3.8) is 0 Å². The normalized spacial score (nSPS) is 12.3. The van der Waals surface area contributed by atoms with E-state index < -0.39 is 11.0 Å². The van der Waals surface area contributed by atoms with Crippen molar-refractivity contribution in [2.45, 2.75) is 18.7 Å². The summed E-state index contributed by atoms with van der Waals surface area (Å²) in [5, 5.41) is 8.72. The van der Waals surface area contributed by atoms with Crippen LogP contribution >= 0.6 is 0 Å². The van der Waals surface area contributed by atoms with Crippen molar-refractivity contribution >= 4 is 11.0 Å². The maximum Gasteiger partial charge on any atom is 0.151 e. The Bertz CT molecular complexity index is 251. The van der Waals surface area contributed by atoms with Gasteiger partial charge in [0, 0.05) is 0 Å². The van der Waals surface area contributed by atoms with E-state index in [9.17, 15) is 4.21 Å². The zero-order chi connectivity index (χ0) is 7.72. The molecule has 0 spiro atoms. The van der Waals surface area contributed by atoms with E-state index in [0.29, 0.717) is 16.3 Å². The Hall–Kier alpha value is -0.720. The molecule has 11 heavy (non-hydrogen) atoms. The van der Waals surface area contributed by atoms with E-state index in [2.05, 4.69) is 5.16 Å². The summed E-state index contributed by atoms with van der Waals surface area (Å²) in [5.41, 5.74) is 0.596. The van der Waals surface area contributed by atoms with E-state index in [1.807, 2.05) is 0 Å². The van der Waals surface area contributed by atoms with Crippen molar-refractivity contribution in [3.8, 4) is 0 Å². The second-order valence-corrected chi connectivity index (χ2v) is 2.95. The van der Waals surface area contributed by atoms with Crippen molar-refractivity contribution < 1.29 is 14.2 Å². The monoisotopic (exact) mass is 178 g/mol. The molecular formula is C5H10N2O3S. The minimum atomic E-state index is -1.48. The minimum Gasteiger partial charge on any atom is -0.412 e. The Morgan fingerprint density at radius 2 is 2.09 bits per heavy atom. The molecule has 0 bridgehead atoms. The van der Waals surface area contributed by atoms with Crippen LogP contribution in [0, 0.1) is 13.8 Å². The lowest BCUT2D eigenvalue weighted by Gasteiger charge is -1.89. The molecule has 1 unspecified atom stereocenters. The minimum absolute atomic E-state index is 0. The van der Waals surface area contributed by atoms with Gasteiger partial charge in [-0.25, -0.2) is 9.35 Å². The van der Waals surface area contributed by atoms with E-state index in [4.69, 9.17) is 9.66 Å². The second-order valence-electron chi connectivity index (χ2n) is 1.95. The zero-order valence-electron chi connectivity index (χ0n) is 6.25. The Morgan fingerprint density at radius 3 is 2.27 bits per heavy atom. The predicted molar refractivity (Wildman–Crippen MR) is 40.2 cm³/mol. The number of aromatic nitrogens is 1. The summed E-state index contributed by atoms with van der Waals surface area (Å²) in [6.07, 6.45) is 0. The van der Waals surface area contributed by atoms with Gasteiger partial charge in [0.05, 0.1) is 5.69 Å². The fourth-order valence-electron chi connectivity index (χ4n) is 0.762. The molecule has 1 aromatic rings. The van der Waals surface area contributed by atoms with Crippen LogP contribution < -0.4 is 5.14 Å². The highest BCUT2D eigenvalue weighted by molar-refractivity contribution is 7.82. The molecule has 1 rings (SSSR count). The first-order valence-corrected chi connectivity index (χ1v) is 3.93. The van der Waals surface area contributed by atoms with Gasteiger partial charge in [-0.3, -0.25) is 0 Å². The highest BCUT2D eigenvalue weighted by atomic mass is 32.2.